The molecule has 1 fully saturated rings. The van der Waals surface area contributed by atoms with Gasteiger partial charge in [-0.2, -0.15) is 0 Å². The predicted molar refractivity (Wildman–Crippen MR) is 81.6 cm³/mol. The highest BCUT2D eigenvalue weighted by molar-refractivity contribution is 7.88. The minimum atomic E-state index is -3.63. The summed E-state index contributed by atoms with van der Waals surface area (Å²) in [6, 6.07) is 5.94. The topological polar surface area (TPSA) is 72.2 Å². The van der Waals surface area contributed by atoms with Crippen LogP contribution >= 0.6 is 0 Å². The average Bonchev–Trinajstić information content (AvgIpc) is 2.43. The van der Waals surface area contributed by atoms with Gasteiger partial charge < -0.3 is 5.73 Å². The van der Waals surface area contributed by atoms with Crippen LogP contribution in [0.1, 0.15) is 38.2 Å². The Kier molecular flexibility index (Phi) is 5.01. The molecule has 6 heteroatoms. The lowest BCUT2D eigenvalue weighted by Gasteiger charge is -2.42. The van der Waals surface area contributed by atoms with E-state index >= 15 is 0 Å². The first-order valence-corrected chi connectivity index (χ1v) is 8.99. The molecule has 0 bridgehead atoms. The molecule has 3 N–H and O–H groups in total. The monoisotopic (exact) mass is 314 g/mol. The van der Waals surface area contributed by atoms with Crippen molar-refractivity contribution < 1.29 is 12.8 Å². The van der Waals surface area contributed by atoms with Crippen LogP contribution in [0.2, 0.25) is 0 Å². The Balaban J connectivity index is 2.18. The first-order valence-electron chi connectivity index (χ1n) is 7.34. The van der Waals surface area contributed by atoms with E-state index in [1.54, 1.807) is 12.1 Å². The van der Waals surface area contributed by atoms with Crippen molar-refractivity contribution in [1.82, 2.24) is 4.72 Å². The molecule has 1 saturated carbocycles. The lowest BCUT2D eigenvalue weighted by molar-refractivity contribution is 0.191. The quantitative estimate of drug-likeness (QED) is 0.875. The van der Waals surface area contributed by atoms with E-state index in [0.29, 0.717) is 0 Å². The Bertz CT molecular complexity index is 591. The Hall–Kier alpha value is -0.980. The molecule has 1 aliphatic rings. The third kappa shape index (κ3) is 3.81. The number of benzene rings is 1. The van der Waals surface area contributed by atoms with Crippen LogP contribution in [0.25, 0.3) is 0 Å². The molecule has 1 aromatic rings. The number of nitrogens with two attached hydrogens (primary N) is 1. The predicted octanol–water partition coefficient (Wildman–Crippen LogP) is 2.15. The first-order chi connectivity index (χ1) is 9.88. The number of nitrogens with one attached hydrogen (secondary N) is 1. The molecule has 2 rings (SSSR count). The van der Waals surface area contributed by atoms with Crippen molar-refractivity contribution in [3.63, 3.8) is 0 Å². The van der Waals surface area contributed by atoms with Crippen molar-refractivity contribution in [2.24, 2.45) is 11.7 Å². The van der Waals surface area contributed by atoms with E-state index in [2.05, 4.69) is 4.72 Å². The van der Waals surface area contributed by atoms with Gasteiger partial charge in [0.15, 0.2) is 0 Å². The zero-order valence-electron chi connectivity index (χ0n) is 12.3. The van der Waals surface area contributed by atoms with Crippen molar-refractivity contribution in [3.8, 4) is 0 Å². The minimum absolute atomic E-state index is 0.181. The number of rotatable bonds is 5. The molecule has 0 amide bonds. The standard InChI is InChI=1S/C15H23FN2O2S/c1-12-6-4-5-9-15(12,11-17)18-21(19,20)10-13-7-2-3-8-14(13)16/h2-3,7-8,12,18H,4-6,9-11,17H2,1H3. The van der Waals surface area contributed by atoms with Crippen LogP contribution in [-0.2, 0) is 15.8 Å². The highest BCUT2D eigenvalue weighted by atomic mass is 32.2. The zero-order valence-corrected chi connectivity index (χ0v) is 13.1. The van der Waals surface area contributed by atoms with Crippen LogP contribution in [0.5, 0.6) is 0 Å². The van der Waals surface area contributed by atoms with E-state index in [1.165, 1.54) is 12.1 Å². The summed E-state index contributed by atoms with van der Waals surface area (Å²) in [6.45, 7) is 2.29. The molecule has 4 nitrogen and oxygen atoms in total. The lowest BCUT2D eigenvalue weighted by atomic mass is 9.74. The smallest absolute Gasteiger partial charge is 0.216 e. The van der Waals surface area contributed by atoms with Crippen LogP contribution in [0.4, 0.5) is 4.39 Å². The van der Waals surface area contributed by atoms with Gasteiger partial charge in [-0.05, 0) is 24.8 Å². The normalized spacial score (nSPS) is 26.7. The van der Waals surface area contributed by atoms with Gasteiger partial charge in [-0.3, -0.25) is 0 Å². The third-order valence-corrected chi connectivity index (χ3v) is 5.89. The molecule has 0 aromatic heterocycles. The summed E-state index contributed by atoms with van der Waals surface area (Å²) in [5, 5.41) is 0. The van der Waals surface area contributed by atoms with Gasteiger partial charge in [-0.15, -0.1) is 0 Å². The number of hydrogen-bond acceptors (Lipinski definition) is 3. The number of hydrogen-bond donors (Lipinski definition) is 2. The van der Waals surface area contributed by atoms with Gasteiger partial charge in [0.05, 0.1) is 5.75 Å². The Morgan fingerprint density at radius 3 is 2.71 bits per heavy atom. The Morgan fingerprint density at radius 1 is 1.38 bits per heavy atom. The maximum absolute atomic E-state index is 13.6. The van der Waals surface area contributed by atoms with E-state index in [-0.39, 0.29) is 23.8 Å². The third-order valence-electron chi connectivity index (χ3n) is 4.48. The van der Waals surface area contributed by atoms with Gasteiger partial charge in [0, 0.05) is 17.6 Å². The van der Waals surface area contributed by atoms with Crippen molar-refractivity contribution in [2.45, 2.75) is 43.9 Å². The van der Waals surface area contributed by atoms with Crippen molar-refractivity contribution in [3.05, 3.63) is 35.6 Å². The van der Waals surface area contributed by atoms with Crippen molar-refractivity contribution in [1.29, 1.82) is 0 Å². The summed E-state index contributed by atoms with van der Waals surface area (Å²) in [7, 11) is -3.63. The zero-order chi connectivity index (χ0) is 15.5. The van der Waals surface area contributed by atoms with Gasteiger partial charge in [0.2, 0.25) is 10.0 Å². The maximum atomic E-state index is 13.6. The van der Waals surface area contributed by atoms with Gasteiger partial charge in [0.25, 0.3) is 0 Å². The molecular weight excluding hydrogens is 291 g/mol. The van der Waals surface area contributed by atoms with Gasteiger partial charge >= 0.3 is 0 Å². The molecule has 0 heterocycles. The minimum Gasteiger partial charge on any atom is -0.329 e. The van der Waals surface area contributed by atoms with E-state index in [1.807, 2.05) is 6.92 Å². The maximum Gasteiger partial charge on any atom is 0.216 e. The second-order valence-corrected chi connectivity index (χ2v) is 7.68. The molecule has 118 valence electrons. The van der Waals surface area contributed by atoms with Gasteiger partial charge in [-0.25, -0.2) is 17.5 Å². The molecule has 21 heavy (non-hydrogen) atoms. The van der Waals surface area contributed by atoms with E-state index in [9.17, 15) is 12.8 Å². The van der Waals surface area contributed by atoms with Crippen LogP contribution in [0.3, 0.4) is 0 Å². The van der Waals surface area contributed by atoms with Gasteiger partial charge in [0.1, 0.15) is 5.82 Å². The molecule has 0 spiro atoms. The van der Waals surface area contributed by atoms with E-state index < -0.39 is 21.4 Å². The number of sulfonamides is 1. The second-order valence-electron chi connectivity index (χ2n) is 5.96. The molecule has 1 aliphatic carbocycles. The molecule has 0 aliphatic heterocycles. The summed E-state index contributed by atoms with van der Waals surface area (Å²) >= 11 is 0. The average molecular weight is 314 g/mol. The second kappa shape index (κ2) is 6.42. The van der Waals surface area contributed by atoms with E-state index in [0.717, 1.165) is 25.7 Å². The lowest BCUT2D eigenvalue weighted by Crippen LogP contribution is -2.59. The Labute approximate surface area is 126 Å². The molecule has 0 radical (unpaired) electrons. The highest BCUT2D eigenvalue weighted by Crippen LogP contribution is 2.33. The molecule has 0 saturated heterocycles. The van der Waals surface area contributed by atoms with Crippen LogP contribution in [0.15, 0.2) is 24.3 Å². The molecule has 2 unspecified atom stereocenters. The summed E-state index contributed by atoms with van der Waals surface area (Å²) in [5.74, 6) is -0.665. The van der Waals surface area contributed by atoms with Crippen molar-refractivity contribution >= 4 is 10.0 Å². The fourth-order valence-electron chi connectivity index (χ4n) is 3.08. The summed E-state index contributed by atoms with van der Waals surface area (Å²) in [5.41, 5.74) is 5.44. The number of halogens is 1. The van der Waals surface area contributed by atoms with Crippen LogP contribution in [0, 0.1) is 11.7 Å². The summed E-state index contributed by atoms with van der Waals surface area (Å²) < 4.78 is 41.2. The Morgan fingerprint density at radius 2 is 2.10 bits per heavy atom. The first kappa shape index (κ1) is 16.4. The fraction of sp³-hybridized carbons (Fsp3) is 0.600. The largest absolute Gasteiger partial charge is 0.329 e. The highest BCUT2D eigenvalue weighted by Gasteiger charge is 2.40. The van der Waals surface area contributed by atoms with Crippen molar-refractivity contribution in [2.75, 3.05) is 6.54 Å². The molecule has 1 aromatic carbocycles. The summed E-state index contributed by atoms with van der Waals surface area (Å²) in [4.78, 5) is 0. The molecular formula is C15H23FN2O2S. The molecule has 2 atom stereocenters. The van der Waals surface area contributed by atoms with Crippen LogP contribution in [-0.4, -0.2) is 20.5 Å². The van der Waals surface area contributed by atoms with Crippen LogP contribution < -0.4 is 10.5 Å². The van der Waals surface area contributed by atoms with Gasteiger partial charge in [-0.1, -0.05) is 38.0 Å². The van der Waals surface area contributed by atoms with E-state index in [4.69, 9.17) is 5.73 Å². The fourth-order valence-corrected chi connectivity index (χ4v) is 4.80. The SMILES string of the molecule is CC1CCCCC1(CN)NS(=O)(=O)Cc1ccccc1F. The summed E-state index contributed by atoms with van der Waals surface area (Å²) in [6.07, 6.45) is 3.75.